The van der Waals surface area contributed by atoms with E-state index in [1.165, 1.54) is 35.0 Å². The molecule has 0 spiro atoms. The molecule has 0 radical (unpaired) electrons. The molecular weight excluding hydrogens is 527 g/mol. The highest BCUT2D eigenvalue weighted by molar-refractivity contribution is 7.94. The van der Waals surface area contributed by atoms with E-state index in [9.17, 15) is 18.0 Å². The Morgan fingerprint density at radius 2 is 1.97 bits per heavy atom. The van der Waals surface area contributed by atoms with Crippen molar-refractivity contribution in [2.24, 2.45) is 4.99 Å². The van der Waals surface area contributed by atoms with Crippen LogP contribution in [0.1, 0.15) is 11.1 Å². The van der Waals surface area contributed by atoms with Crippen molar-refractivity contribution >= 4 is 55.2 Å². The highest BCUT2D eigenvalue weighted by Gasteiger charge is 2.22. The van der Waals surface area contributed by atoms with E-state index in [1.807, 2.05) is 0 Å². The third-order valence-corrected chi connectivity index (χ3v) is 9.10. The normalized spacial score (nSPS) is 13.6. The van der Waals surface area contributed by atoms with Gasteiger partial charge in [0.05, 0.1) is 16.6 Å². The van der Waals surface area contributed by atoms with Crippen molar-refractivity contribution in [3.63, 3.8) is 0 Å². The van der Waals surface area contributed by atoms with Crippen LogP contribution in [0.2, 0.25) is 4.34 Å². The first-order valence-electron chi connectivity index (χ1n) is 10.8. The molecule has 1 aliphatic heterocycles. The number of carbonyl (C=O) groups is 1. The standard InChI is InChI=1S/C25H18ClFN2O5S2/c26-22-5-6-23(35-22)36(32,33)14-18(30)11-15-1-4-21(20(27)12-15)29-9-7-16-13-17(24-28-8-10-34-24)2-3-19(16)25(29)31/h1-7,9,12-13H,8,10-11,14H2. The number of rotatable bonds is 7. The van der Waals surface area contributed by atoms with Gasteiger partial charge >= 0.3 is 0 Å². The average Bonchev–Trinajstić information content (AvgIpc) is 3.52. The quantitative estimate of drug-likeness (QED) is 0.347. The van der Waals surface area contributed by atoms with E-state index in [0.29, 0.717) is 39.7 Å². The minimum Gasteiger partial charge on any atom is -0.476 e. The summed E-state index contributed by atoms with van der Waals surface area (Å²) in [5.74, 6) is -1.47. The highest BCUT2D eigenvalue weighted by atomic mass is 35.5. The van der Waals surface area contributed by atoms with Crippen LogP contribution in [-0.2, 0) is 25.8 Å². The summed E-state index contributed by atoms with van der Waals surface area (Å²) in [5.41, 5.74) is 0.682. The Labute approximate surface area is 214 Å². The van der Waals surface area contributed by atoms with Crippen LogP contribution in [0.25, 0.3) is 16.5 Å². The van der Waals surface area contributed by atoms with Gasteiger partial charge in [-0.1, -0.05) is 17.7 Å². The van der Waals surface area contributed by atoms with Crippen LogP contribution in [-0.4, -0.2) is 43.6 Å². The minimum absolute atomic E-state index is 0.00827. The molecule has 4 aromatic rings. The van der Waals surface area contributed by atoms with Gasteiger partial charge in [0.1, 0.15) is 22.4 Å². The summed E-state index contributed by atoms with van der Waals surface area (Å²) >= 11 is 6.66. The molecule has 5 rings (SSSR count). The van der Waals surface area contributed by atoms with Crippen LogP contribution >= 0.6 is 22.9 Å². The fourth-order valence-corrected chi connectivity index (χ4v) is 6.77. The van der Waals surface area contributed by atoms with Crippen molar-refractivity contribution in [3.05, 3.63) is 92.4 Å². The molecule has 0 amide bonds. The van der Waals surface area contributed by atoms with Gasteiger partial charge in [0.2, 0.25) is 5.90 Å². The van der Waals surface area contributed by atoms with Crippen molar-refractivity contribution in [1.82, 2.24) is 4.57 Å². The number of sulfone groups is 1. The molecule has 0 bridgehead atoms. The molecule has 3 heterocycles. The number of ketones is 1. The predicted octanol–water partition coefficient (Wildman–Crippen LogP) is 4.21. The van der Waals surface area contributed by atoms with E-state index in [4.69, 9.17) is 16.3 Å². The number of halogens is 2. The summed E-state index contributed by atoms with van der Waals surface area (Å²) in [6.07, 6.45) is 1.21. The van der Waals surface area contributed by atoms with E-state index in [0.717, 1.165) is 23.0 Å². The number of aliphatic imine (C=N–C) groups is 1. The lowest BCUT2D eigenvalue weighted by atomic mass is 10.1. The fourth-order valence-electron chi connectivity index (χ4n) is 3.96. The molecule has 1 aliphatic rings. The summed E-state index contributed by atoms with van der Waals surface area (Å²) in [7, 11) is -3.83. The van der Waals surface area contributed by atoms with Crippen LogP contribution in [0.3, 0.4) is 0 Å². The molecule has 0 unspecified atom stereocenters. The molecule has 2 aromatic carbocycles. The number of fused-ring (bicyclic) bond motifs is 1. The molecule has 0 aliphatic carbocycles. The Hall–Kier alpha value is -3.34. The molecule has 36 heavy (non-hydrogen) atoms. The lowest BCUT2D eigenvalue weighted by molar-refractivity contribution is -0.116. The lowest BCUT2D eigenvalue weighted by Gasteiger charge is -2.11. The number of ether oxygens (including phenoxy) is 1. The smallest absolute Gasteiger partial charge is 0.263 e. The van der Waals surface area contributed by atoms with Crippen molar-refractivity contribution in [3.8, 4) is 5.69 Å². The van der Waals surface area contributed by atoms with Crippen molar-refractivity contribution < 1.29 is 22.3 Å². The van der Waals surface area contributed by atoms with Crippen LogP contribution in [0.5, 0.6) is 0 Å². The monoisotopic (exact) mass is 544 g/mol. The zero-order valence-corrected chi connectivity index (χ0v) is 21.0. The molecular formula is C25H18ClFN2O5S2. The molecule has 0 fully saturated rings. The number of aromatic nitrogens is 1. The summed E-state index contributed by atoms with van der Waals surface area (Å²) in [6, 6.07) is 13.7. The average molecular weight is 545 g/mol. The topological polar surface area (TPSA) is 94.8 Å². The second-order valence-electron chi connectivity index (χ2n) is 8.15. The van der Waals surface area contributed by atoms with Gasteiger partial charge in [-0.15, -0.1) is 11.3 Å². The largest absolute Gasteiger partial charge is 0.476 e. The molecule has 0 saturated heterocycles. The van der Waals surface area contributed by atoms with Gasteiger partial charge in [-0.05, 0) is 59.5 Å². The number of Topliss-reactive ketones (excluding diaryl/α,β-unsaturated/α-hetero) is 1. The third-order valence-electron chi connectivity index (χ3n) is 5.62. The van der Waals surface area contributed by atoms with E-state index < -0.39 is 32.7 Å². The van der Waals surface area contributed by atoms with E-state index in [2.05, 4.69) is 4.99 Å². The maximum Gasteiger partial charge on any atom is 0.263 e. The number of hydrogen-bond acceptors (Lipinski definition) is 7. The molecule has 2 aromatic heterocycles. The maximum absolute atomic E-state index is 15.0. The molecule has 0 N–H and O–H groups in total. The fraction of sp³-hybridized carbons (Fsp3) is 0.160. The summed E-state index contributed by atoms with van der Waals surface area (Å²) < 4.78 is 46.8. The zero-order valence-electron chi connectivity index (χ0n) is 18.6. The summed E-state index contributed by atoms with van der Waals surface area (Å²) in [6.45, 7) is 1.12. The van der Waals surface area contributed by atoms with Gasteiger partial charge in [-0.2, -0.15) is 0 Å². The van der Waals surface area contributed by atoms with Gasteiger partial charge in [0, 0.05) is 23.6 Å². The Kier molecular flexibility index (Phi) is 6.50. The number of thiophene rings is 1. The van der Waals surface area contributed by atoms with Gasteiger partial charge in [-0.3, -0.25) is 14.2 Å². The predicted molar refractivity (Wildman–Crippen MR) is 137 cm³/mol. The second-order valence-corrected chi connectivity index (χ2v) is 12.1. The molecule has 0 saturated carbocycles. The molecule has 184 valence electrons. The zero-order chi connectivity index (χ0) is 25.4. The number of benzene rings is 2. The number of pyridine rings is 1. The van der Waals surface area contributed by atoms with Crippen molar-refractivity contribution in [1.29, 1.82) is 0 Å². The van der Waals surface area contributed by atoms with Crippen LogP contribution in [0.15, 0.2) is 74.8 Å². The first kappa shape index (κ1) is 24.4. The first-order valence-corrected chi connectivity index (χ1v) is 13.7. The van der Waals surface area contributed by atoms with Gasteiger partial charge in [-0.25, -0.2) is 17.8 Å². The molecule has 0 atom stereocenters. The SMILES string of the molecule is O=C(Cc1ccc(-n2ccc3cc(C4=NCCO4)ccc3c2=O)c(F)c1)CS(=O)(=O)c1ccc(Cl)s1. The summed E-state index contributed by atoms with van der Waals surface area (Å²) in [4.78, 5) is 29.7. The third kappa shape index (κ3) is 4.84. The van der Waals surface area contributed by atoms with E-state index in [-0.39, 0.29) is 16.3 Å². The Balaban J connectivity index is 1.37. The Morgan fingerprint density at radius 3 is 2.67 bits per heavy atom. The number of hydrogen-bond donors (Lipinski definition) is 0. The van der Waals surface area contributed by atoms with Crippen LogP contribution in [0, 0.1) is 5.82 Å². The van der Waals surface area contributed by atoms with Gasteiger partial charge in [0.25, 0.3) is 5.56 Å². The van der Waals surface area contributed by atoms with Gasteiger partial charge in [0.15, 0.2) is 15.6 Å². The molecule has 7 nitrogen and oxygen atoms in total. The highest BCUT2D eigenvalue weighted by Crippen LogP contribution is 2.27. The van der Waals surface area contributed by atoms with Crippen LogP contribution in [0.4, 0.5) is 4.39 Å². The lowest BCUT2D eigenvalue weighted by Crippen LogP contribution is -2.20. The Bertz CT molecular complexity index is 1710. The first-order chi connectivity index (χ1) is 17.2. The summed E-state index contributed by atoms with van der Waals surface area (Å²) in [5, 5.41) is 1.07. The Morgan fingerprint density at radius 1 is 1.14 bits per heavy atom. The van der Waals surface area contributed by atoms with Gasteiger partial charge < -0.3 is 4.74 Å². The van der Waals surface area contributed by atoms with Crippen molar-refractivity contribution in [2.75, 3.05) is 18.9 Å². The van der Waals surface area contributed by atoms with E-state index in [1.54, 1.807) is 24.3 Å². The van der Waals surface area contributed by atoms with Crippen molar-refractivity contribution in [2.45, 2.75) is 10.6 Å². The van der Waals surface area contributed by atoms with Crippen LogP contribution < -0.4 is 5.56 Å². The second kappa shape index (κ2) is 9.61. The molecule has 11 heteroatoms. The maximum atomic E-state index is 15.0. The van der Waals surface area contributed by atoms with E-state index >= 15 is 4.39 Å². The number of nitrogens with zero attached hydrogens (tertiary/aromatic N) is 2. The minimum atomic E-state index is -3.83. The number of carbonyl (C=O) groups excluding carboxylic acids is 1.